The van der Waals surface area contributed by atoms with Gasteiger partial charge in [-0.05, 0) is 18.9 Å². The van der Waals surface area contributed by atoms with Gasteiger partial charge < -0.3 is 9.64 Å². The molecule has 1 amide bonds. The lowest BCUT2D eigenvalue weighted by Crippen LogP contribution is -2.45. The van der Waals surface area contributed by atoms with E-state index in [1.165, 1.54) is 28.4 Å². The minimum atomic E-state index is -3.93. The Balaban J connectivity index is 2.46. The van der Waals surface area contributed by atoms with Crippen molar-refractivity contribution in [2.24, 2.45) is 0 Å². The number of methoxy groups -OCH3 is 1. The second kappa shape index (κ2) is 6.84. The number of benzene rings is 1. The van der Waals surface area contributed by atoms with Crippen molar-refractivity contribution in [1.82, 2.24) is 9.21 Å². The van der Waals surface area contributed by atoms with Gasteiger partial charge in [0.2, 0.25) is 15.9 Å². The highest BCUT2D eigenvalue weighted by Gasteiger charge is 2.41. The van der Waals surface area contributed by atoms with Gasteiger partial charge in [0.25, 0.3) is 0 Å². The molecule has 0 saturated carbocycles. The highest BCUT2D eigenvalue weighted by atomic mass is 35.5. The number of ether oxygens (including phenoxy) is 1. The average molecular weight is 381 g/mol. The molecular weight excluding hydrogens is 363 g/mol. The van der Waals surface area contributed by atoms with Gasteiger partial charge >= 0.3 is 0 Å². The number of amides is 1. The number of likely N-dealkylation sites (N-methyl/N-ethyl adjacent to an activating group) is 1. The van der Waals surface area contributed by atoms with E-state index >= 15 is 0 Å². The largest absolute Gasteiger partial charge is 0.495 e. The minimum absolute atomic E-state index is 0.00852. The van der Waals surface area contributed by atoms with E-state index in [1.807, 2.05) is 0 Å². The van der Waals surface area contributed by atoms with E-state index in [2.05, 4.69) is 0 Å². The van der Waals surface area contributed by atoms with Crippen molar-refractivity contribution < 1.29 is 17.9 Å². The van der Waals surface area contributed by atoms with Crippen molar-refractivity contribution in [1.29, 1.82) is 0 Å². The quantitative estimate of drug-likeness (QED) is 0.803. The van der Waals surface area contributed by atoms with E-state index in [4.69, 9.17) is 27.9 Å². The van der Waals surface area contributed by atoms with E-state index < -0.39 is 16.1 Å². The lowest BCUT2D eigenvalue weighted by Gasteiger charge is -2.26. The van der Waals surface area contributed by atoms with Crippen LogP contribution in [0.15, 0.2) is 17.0 Å². The van der Waals surface area contributed by atoms with E-state index in [9.17, 15) is 13.2 Å². The number of halogens is 2. The number of hydrogen-bond acceptors (Lipinski definition) is 4. The Bertz CT molecular complexity index is 722. The van der Waals surface area contributed by atoms with Crippen molar-refractivity contribution in [2.45, 2.75) is 23.8 Å². The first kappa shape index (κ1) is 18.3. The molecule has 9 heteroatoms. The topological polar surface area (TPSA) is 66.9 Å². The van der Waals surface area contributed by atoms with Crippen LogP contribution in [0.25, 0.3) is 0 Å². The number of carbonyl (C=O) groups is 1. The fourth-order valence-electron chi connectivity index (χ4n) is 2.56. The monoisotopic (exact) mass is 380 g/mol. The number of nitrogens with zero attached hydrogens (tertiary/aromatic N) is 2. The molecule has 23 heavy (non-hydrogen) atoms. The van der Waals surface area contributed by atoms with Gasteiger partial charge in [-0.3, -0.25) is 4.79 Å². The van der Waals surface area contributed by atoms with Crippen LogP contribution in [-0.2, 0) is 14.8 Å². The van der Waals surface area contributed by atoms with Gasteiger partial charge in [0.1, 0.15) is 16.7 Å². The fraction of sp³-hybridized carbons (Fsp3) is 0.500. The molecule has 2 rings (SSSR count). The van der Waals surface area contributed by atoms with Crippen LogP contribution in [0.5, 0.6) is 5.75 Å². The van der Waals surface area contributed by atoms with Crippen molar-refractivity contribution in [2.75, 3.05) is 27.7 Å². The summed E-state index contributed by atoms with van der Waals surface area (Å²) in [6, 6.07) is 1.90. The van der Waals surface area contributed by atoms with Crippen LogP contribution in [-0.4, -0.2) is 57.3 Å². The molecule has 0 radical (unpaired) electrons. The zero-order valence-electron chi connectivity index (χ0n) is 13.0. The number of carbonyl (C=O) groups excluding carboxylic acids is 1. The Morgan fingerprint density at radius 2 is 1.96 bits per heavy atom. The van der Waals surface area contributed by atoms with Crippen LogP contribution in [0.4, 0.5) is 0 Å². The van der Waals surface area contributed by atoms with E-state index in [0.717, 1.165) is 0 Å². The molecular formula is C14H18Cl2N2O4S. The summed E-state index contributed by atoms with van der Waals surface area (Å²) in [6.45, 7) is 0.270. The third-order valence-corrected chi connectivity index (χ3v) is 6.39. The molecule has 1 fully saturated rings. The van der Waals surface area contributed by atoms with Crippen molar-refractivity contribution in [3.8, 4) is 5.75 Å². The zero-order valence-corrected chi connectivity index (χ0v) is 15.4. The third-order valence-electron chi connectivity index (χ3n) is 3.72. The molecule has 1 heterocycles. The maximum absolute atomic E-state index is 12.9. The van der Waals surface area contributed by atoms with E-state index in [-0.39, 0.29) is 33.1 Å². The summed E-state index contributed by atoms with van der Waals surface area (Å²) in [4.78, 5) is 13.5. The first-order chi connectivity index (χ1) is 10.7. The van der Waals surface area contributed by atoms with Gasteiger partial charge in [-0.15, -0.1) is 0 Å². The van der Waals surface area contributed by atoms with Crippen LogP contribution in [0.3, 0.4) is 0 Å². The Kier molecular flexibility index (Phi) is 5.45. The molecule has 128 valence electrons. The van der Waals surface area contributed by atoms with Crippen LogP contribution in [0.2, 0.25) is 10.0 Å². The maximum Gasteiger partial charge on any atom is 0.245 e. The molecule has 0 aliphatic carbocycles. The average Bonchev–Trinajstić information content (AvgIpc) is 2.98. The third kappa shape index (κ3) is 3.42. The Labute approximate surface area is 146 Å². The summed E-state index contributed by atoms with van der Waals surface area (Å²) in [5.74, 6) is 0.0414. The first-order valence-electron chi connectivity index (χ1n) is 6.96. The van der Waals surface area contributed by atoms with Gasteiger partial charge in [-0.25, -0.2) is 8.42 Å². The van der Waals surface area contributed by atoms with Crippen molar-refractivity contribution >= 4 is 39.1 Å². The van der Waals surface area contributed by atoms with Crippen LogP contribution < -0.4 is 4.74 Å². The van der Waals surface area contributed by atoms with Gasteiger partial charge in [-0.2, -0.15) is 4.31 Å². The predicted octanol–water partition coefficient (Wildman–Crippen LogP) is 2.24. The van der Waals surface area contributed by atoms with E-state index in [1.54, 1.807) is 14.1 Å². The summed E-state index contributed by atoms with van der Waals surface area (Å²) >= 11 is 12.1. The van der Waals surface area contributed by atoms with Crippen LogP contribution >= 0.6 is 23.2 Å². The second-order valence-electron chi connectivity index (χ2n) is 5.42. The van der Waals surface area contributed by atoms with Crippen LogP contribution in [0.1, 0.15) is 12.8 Å². The summed E-state index contributed by atoms with van der Waals surface area (Å²) in [5, 5.41) is 0.152. The summed E-state index contributed by atoms with van der Waals surface area (Å²) in [7, 11) is 0.684. The molecule has 1 aliphatic rings. The molecule has 0 spiro atoms. The first-order valence-corrected chi connectivity index (χ1v) is 9.15. The molecule has 6 nitrogen and oxygen atoms in total. The second-order valence-corrected chi connectivity index (χ2v) is 8.10. The molecule has 1 aromatic carbocycles. The smallest absolute Gasteiger partial charge is 0.245 e. The highest BCUT2D eigenvalue weighted by molar-refractivity contribution is 7.89. The Morgan fingerprint density at radius 3 is 2.52 bits per heavy atom. The van der Waals surface area contributed by atoms with Gasteiger partial charge in [0.05, 0.1) is 17.2 Å². The molecule has 1 aromatic rings. The fourth-order valence-corrected chi connectivity index (χ4v) is 5.04. The molecule has 1 saturated heterocycles. The number of rotatable bonds is 4. The molecule has 0 bridgehead atoms. The number of sulfonamides is 1. The van der Waals surface area contributed by atoms with Crippen molar-refractivity contribution in [3.05, 3.63) is 22.2 Å². The molecule has 0 aromatic heterocycles. The summed E-state index contributed by atoms with van der Waals surface area (Å²) < 4.78 is 32.0. The summed E-state index contributed by atoms with van der Waals surface area (Å²) in [5.41, 5.74) is 0. The molecule has 1 unspecified atom stereocenters. The molecule has 0 N–H and O–H groups in total. The lowest BCUT2D eigenvalue weighted by molar-refractivity contribution is -0.132. The van der Waals surface area contributed by atoms with Gasteiger partial charge in [0, 0.05) is 26.7 Å². The molecule has 1 aliphatic heterocycles. The SMILES string of the molecule is COc1cc(Cl)c(S(=O)(=O)N2CCCC2C(=O)N(C)C)cc1Cl. The molecule has 1 atom stereocenters. The van der Waals surface area contributed by atoms with Gasteiger partial charge in [0.15, 0.2) is 0 Å². The Morgan fingerprint density at radius 1 is 1.30 bits per heavy atom. The summed E-state index contributed by atoms with van der Waals surface area (Å²) in [6.07, 6.45) is 1.10. The lowest BCUT2D eigenvalue weighted by atomic mass is 10.2. The number of hydrogen-bond donors (Lipinski definition) is 0. The Hall–Kier alpha value is -1.02. The maximum atomic E-state index is 12.9. The van der Waals surface area contributed by atoms with E-state index in [0.29, 0.717) is 12.8 Å². The normalized spacial score (nSPS) is 18.9. The van der Waals surface area contributed by atoms with Crippen LogP contribution in [0, 0.1) is 0 Å². The minimum Gasteiger partial charge on any atom is -0.495 e. The predicted molar refractivity (Wildman–Crippen MR) is 88.6 cm³/mol. The zero-order chi connectivity index (χ0) is 17.4. The highest BCUT2D eigenvalue weighted by Crippen LogP contribution is 2.36. The van der Waals surface area contributed by atoms with Gasteiger partial charge in [-0.1, -0.05) is 23.2 Å². The standard InChI is InChI=1S/C14H18Cl2N2O4S/c1-17(2)14(19)11-5-4-6-18(11)23(20,21)13-8-9(15)12(22-3)7-10(13)16/h7-8,11H,4-6H2,1-3H3. The van der Waals surface area contributed by atoms with Crippen molar-refractivity contribution in [3.63, 3.8) is 0 Å².